The van der Waals surface area contributed by atoms with Crippen LogP contribution < -0.4 is 5.73 Å². The number of rotatable bonds is 4. The van der Waals surface area contributed by atoms with Crippen LogP contribution in [0.5, 0.6) is 0 Å². The number of esters is 1. The largest absolute Gasteiger partial charge is 0.461 e. The minimum absolute atomic E-state index is 0.135. The van der Waals surface area contributed by atoms with Gasteiger partial charge in [0.25, 0.3) is 0 Å². The van der Waals surface area contributed by atoms with Crippen molar-refractivity contribution in [1.82, 2.24) is 0 Å². The highest BCUT2D eigenvalue weighted by molar-refractivity contribution is 5.98. The standard InChI is InChI=1S/C8H13NO3/c1-3-6(10)5-7(9)8(11)12-4-2/h5H,3-4,9H2,1-2H3. The van der Waals surface area contributed by atoms with Crippen molar-refractivity contribution in [2.24, 2.45) is 5.73 Å². The minimum Gasteiger partial charge on any atom is -0.461 e. The van der Waals surface area contributed by atoms with Crippen LogP contribution in [0.15, 0.2) is 11.8 Å². The molecule has 2 N–H and O–H groups in total. The zero-order valence-corrected chi connectivity index (χ0v) is 7.29. The first kappa shape index (κ1) is 10.7. The van der Waals surface area contributed by atoms with E-state index in [1.54, 1.807) is 13.8 Å². The van der Waals surface area contributed by atoms with Crippen LogP contribution in [0.25, 0.3) is 0 Å². The van der Waals surface area contributed by atoms with Gasteiger partial charge in [-0.2, -0.15) is 0 Å². The molecular weight excluding hydrogens is 158 g/mol. The number of ether oxygens (including phenoxy) is 1. The van der Waals surface area contributed by atoms with E-state index in [-0.39, 0.29) is 18.1 Å². The molecule has 0 aromatic carbocycles. The molecule has 0 heterocycles. The first-order chi connectivity index (χ1) is 5.61. The van der Waals surface area contributed by atoms with E-state index in [0.717, 1.165) is 6.08 Å². The normalized spacial score (nSPS) is 11.0. The number of allylic oxidation sites excluding steroid dienone is 1. The van der Waals surface area contributed by atoms with Crippen LogP contribution >= 0.6 is 0 Å². The average Bonchev–Trinajstić information content (AvgIpc) is 2.04. The van der Waals surface area contributed by atoms with Crippen LogP contribution in [0.2, 0.25) is 0 Å². The van der Waals surface area contributed by atoms with E-state index in [1.165, 1.54) is 0 Å². The van der Waals surface area contributed by atoms with Crippen molar-refractivity contribution in [3.05, 3.63) is 11.8 Å². The van der Waals surface area contributed by atoms with E-state index in [9.17, 15) is 9.59 Å². The van der Waals surface area contributed by atoms with Gasteiger partial charge in [-0.25, -0.2) is 4.79 Å². The lowest BCUT2D eigenvalue weighted by molar-refractivity contribution is -0.138. The molecule has 12 heavy (non-hydrogen) atoms. The third-order valence-electron chi connectivity index (χ3n) is 1.18. The van der Waals surface area contributed by atoms with Crippen LogP contribution in [0, 0.1) is 0 Å². The van der Waals surface area contributed by atoms with Gasteiger partial charge in [0.05, 0.1) is 6.61 Å². The summed E-state index contributed by atoms with van der Waals surface area (Å²) in [6.45, 7) is 3.62. The molecule has 0 fully saturated rings. The lowest BCUT2D eigenvalue weighted by atomic mass is 10.2. The Morgan fingerprint density at radius 3 is 2.42 bits per heavy atom. The van der Waals surface area contributed by atoms with Crippen LogP contribution in [-0.4, -0.2) is 18.4 Å². The summed E-state index contributed by atoms with van der Waals surface area (Å²) in [5.74, 6) is -0.820. The summed E-state index contributed by atoms with van der Waals surface area (Å²) in [6.07, 6.45) is 1.43. The molecule has 4 heteroatoms. The Morgan fingerprint density at radius 2 is 2.00 bits per heavy atom. The Morgan fingerprint density at radius 1 is 1.42 bits per heavy atom. The first-order valence-corrected chi connectivity index (χ1v) is 3.78. The number of carbonyl (C=O) groups excluding carboxylic acids is 2. The fourth-order valence-electron chi connectivity index (χ4n) is 0.549. The lowest BCUT2D eigenvalue weighted by Crippen LogP contribution is -2.16. The number of ketones is 1. The second-order valence-corrected chi connectivity index (χ2v) is 2.14. The van der Waals surface area contributed by atoms with E-state index in [1.807, 2.05) is 0 Å². The third-order valence-corrected chi connectivity index (χ3v) is 1.18. The molecule has 0 aliphatic rings. The Kier molecular flexibility index (Phi) is 4.76. The molecule has 4 nitrogen and oxygen atoms in total. The quantitative estimate of drug-likeness (QED) is 0.490. The fourth-order valence-corrected chi connectivity index (χ4v) is 0.549. The molecule has 0 atom stereocenters. The molecule has 0 aliphatic carbocycles. The number of nitrogens with two attached hydrogens (primary N) is 1. The molecular formula is C8H13NO3. The summed E-state index contributed by atoms with van der Waals surface area (Å²) in [7, 11) is 0. The van der Waals surface area contributed by atoms with Gasteiger partial charge < -0.3 is 10.5 Å². The van der Waals surface area contributed by atoms with Gasteiger partial charge in [-0.15, -0.1) is 0 Å². The predicted molar refractivity (Wildman–Crippen MR) is 44.2 cm³/mol. The monoisotopic (exact) mass is 171 g/mol. The van der Waals surface area contributed by atoms with E-state index in [4.69, 9.17) is 5.73 Å². The zero-order valence-electron chi connectivity index (χ0n) is 7.29. The van der Waals surface area contributed by atoms with Crippen molar-refractivity contribution < 1.29 is 14.3 Å². The second kappa shape index (κ2) is 5.35. The molecule has 0 spiro atoms. The van der Waals surface area contributed by atoms with Crippen molar-refractivity contribution in [3.8, 4) is 0 Å². The Bertz CT molecular complexity index is 208. The van der Waals surface area contributed by atoms with Gasteiger partial charge in [-0.3, -0.25) is 4.79 Å². The molecule has 0 aromatic heterocycles. The summed E-state index contributed by atoms with van der Waals surface area (Å²) in [5, 5.41) is 0. The molecule has 0 saturated heterocycles. The summed E-state index contributed by atoms with van der Waals surface area (Å²) >= 11 is 0. The number of hydrogen-bond acceptors (Lipinski definition) is 4. The van der Waals surface area contributed by atoms with Crippen molar-refractivity contribution in [3.63, 3.8) is 0 Å². The van der Waals surface area contributed by atoms with E-state index in [0.29, 0.717) is 6.42 Å². The lowest BCUT2D eigenvalue weighted by Gasteiger charge is -1.99. The molecule has 0 radical (unpaired) electrons. The number of hydrogen-bond donors (Lipinski definition) is 1. The number of carbonyl (C=O) groups is 2. The molecule has 0 amide bonds. The molecule has 0 aromatic rings. The Hall–Kier alpha value is -1.32. The van der Waals surface area contributed by atoms with E-state index >= 15 is 0 Å². The third kappa shape index (κ3) is 3.75. The fraction of sp³-hybridized carbons (Fsp3) is 0.500. The van der Waals surface area contributed by atoms with Gasteiger partial charge >= 0.3 is 5.97 Å². The zero-order chi connectivity index (χ0) is 9.56. The topological polar surface area (TPSA) is 69.4 Å². The predicted octanol–water partition coefficient (Wildman–Crippen LogP) is 0.371. The van der Waals surface area contributed by atoms with E-state index < -0.39 is 5.97 Å². The summed E-state index contributed by atoms with van der Waals surface area (Å²) in [5.41, 5.74) is 5.11. The van der Waals surface area contributed by atoms with Crippen LogP contribution in [-0.2, 0) is 14.3 Å². The highest BCUT2D eigenvalue weighted by Crippen LogP contribution is 1.92. The van der Waals surface area contributed by atoms with E-state index in [2.05, 4.69) is 4.74 Å². The molecule has 0 saturated carbocycles. The summed E-state index contributed by atoms with van der Waals surface area (Å²) < 4.78 is 4.56. The first-order valence-electron chi connectivity index (χ1n) is 3.78. The molecule has 68 valence electrons. The smallest absolute Gasteiger partial charge is 0.354 e. The second-order valence-electron chi connectivity index (χ2n) is 2.14. The average molecular weight is 171 g/mol. The molecule has 0 unspecified atom stereocenters. The molecule has 0 bridgehead atoms. The van der Waals surface area contributed by atoms with Gasteiger partial charge in [-0.1, -0.05) is 6.92 Å². The van der Waals surface area contributed by atoms with Crippen molar-refractivity contribution in [1.29, 1.82) is 0 Å². The van der Waals surface area contributed by atoms with Gasteiger partial charge in [0.2, 0.25) is 0 Å². The van der Waals surface area contributed by atoms with Gasteiger partial charge in [0.15, 0.2) is 5.78 Å². The highest BCUT2D eigenvalue weighted by atomic mass is 16.5. The Balaban J connectivity index is 4.17. The van der Waals surface area contributed by atoms with Crippen LogP contribution in [0.4, 0.5) is 0 Å². The van der Waals surface area contributed by atoms with Crippen molar-refractivity contribution in [2.75, 3.05) is 6.61 Å². The van der Waals surface area contributed by atoms with Crippen LogP contribution in [0.1, 0.15) is 20.3 Å². The van der Waals surface area contributed by atoms with Crippen molar-refractivity contribution >= 4 is 11.8 Å². The molecule has 0 aliphatic heterocycles. The SMILES string of the molecule is CCOC(=O)C(N)=CC(=O)CC. The van der Waals surface area contributed by atoms with Gasteiger partial charge in [0, 0.05) is 12.5 Å². The van der Waals surface area contributed by atoms with Gasteiger partial charge in [-0.05, 0) is 6.92 Å². The van der Waals surface area contributed by atoms with Crippen molar-refractivity contribution in [2.45, 2.75) is 20.3 Å². The molecule has 0 rings (SSSR count). The highest BCUT2D eigenvalue weighted by Gasteiger charge is 2.06. The maximum atomic E-state index is 10.8. The van der Waals surface area contributed by atoms with Gasteiger partial charge in [0.1, 0.15) is 5.70 Å². The summed E-state index contributed by atoms with van der Waals surface area (Å²) in [6, 6.07) is 0. The maximum Gasteiger partial charge on any atom is 0.354 e. The Labute approximate surface area is 71.4 Å². The maximum absolute atomic E-state index is 10.8. The van der Waals surface area contributed by atoms with Crippen LogP contribution in [0.3, 0.4) is 0 Å². The minimum atomic E-state index is -0.640. The summed E-state index contributed by atoms with van der Waals surface area (Å²) in [4.78, 5) is 21.6.